The van der Waals surface area contributed by atoms with Crippen LogP contribution in [0, 0.1) is 11.8 Å². The fourth-order valence-electron chi connectivity index (χ4n) is 6.57. The molecule has 206 valence electrons. The lowest BCUT2D eigenvalue weighted by molar-refractivity contribution is -0.137. The molecular weight excluding hydrogens is 519 g/mol. The van der Waals surface area contributed by atoms with E-state index in [9.17, 15) is 22.8 Å². The summed E-state index contributed by atoms with van der Waals surface area (Å²) in [6.45, 7) is 5.67. The number of anilines is 2. The highest BCUT2D eigenvalue weighted by Gasteiger charge is 2.46. The topological polar surface area (TPSA) is 71.5 Å². The van der Waals surface area contributed by atoms with Crippen molar-refractivity contribution in [2.24, 2.45) is 11.8 Å². The second kappa shape index (κ2) is 9.89. The maximum Gasteiger partial charge on any atom is 0.416 e. The minimum atomic E-state index is -4.54. The predicted octanol–water partition coefficient (Wildman–Crippen LogP) is 5.63. The summed E-state index contributed by atoms with van der Waals surface area (Å²) < 4.78 is 45.6. The SMILES string of the molecule is C=C[C@H]1CN2CC[C@H]1C[C@H]2[C@H](c1c(Nc2cccc(C(F)(F)F)c2)c(=O)c1=O)c1ccnc2ccc(OC)cc12. The van der Waals surface area contributed by atoms with Gasteiger partial charge in [-0.05, 0) is 79.3 Å². The maximum atomic E-state index is 13.4. The summed E-state index contributed by atoms with van der Waals surface area (Å²) in [5.74, 6) is 0.869. The fourth-order valence-corrected chi connectivity index (χ4v) is 6.57. The van der Waals surface area contributed by atoms with Gasteiger partial charge in [0.25, 0.3) is 0 Å². The molecule has 2 bridgehead atoms. The van der Waals surface area contributed by atoms with E-state index in [4.69, 9.17) is 4.74 Å². The molecule has 5 atom stereocenters. The van der Waals surface area contributed by atoms with Gasteiger partial charge in [0.1, 0.15) is 5.75 Å². The van der Waals surface area contributed by atoms with Gasteiger partial charge in [0.05, 0.1) is 23.9 Å². The molecule has 0 aliphatic carbocycles. The lowest BCUT2D eigenvalue weighted by Crippen LogP contribution is -2.56. The Hall–Kier alpha value is -3.98. The van der Waals surface area contributed by atoms with Gasteiger partial charge in [0, 0.05) is 41.3 Å². The Labute approximate surface area is 228 Å². The van der Waals surface area contributed by atoms with Gasteiger partial charge in [0.15, 0.2) is 0 Å². The van der Waals surface area contributed by atoms with Crippen molar-refractivity contribution in [2.45, 2.75) is 31.0 Å². The minimum absolute atomic E-state index is 0.0464. The van der Waals surface area contributed by atoms with Crippen molar-refractivity contribution in [3.05, 3.63) is 105 Å². The number of rotatable bonds is 7. The highest BCUT2D eigenvalue weighted by molar-refractivity contribution is 5.85. The van der Waals surface area contributed by atoms with Crippen LogP contribution in [0.15, 0.2) is 77.0 Å². The number of piperidine rings is 3. The molecule has 3 aromatic carbocycles. The van der Waals surface area contributed by atoms with Crippen LogP contribution in [0.1, 0.15) is 35.4 Å². The van der Waals surface area contributed by atoms with E-state index in [-0.39, 0.29) is 17.4 Å². The number of benzene rings is 2. The second-order valence-electron chi connectivity index (χ2n) is 10.7. The van der Waals surface area contributed by atoms with Gasteiger partial charge in [-0.2, -0.15) is 13.2 Å². The lowest BCUT2D eigenvalue weighted by atomic mass is 9.68. The molecule has 0 radical (unpaired) electrons. The number of nitrogens with zero attached hydrogens (tertiary/aromatic N) is 2. The molecule has 0 saturated carbocycles. The summed E-state index contributed by atoms with van der Waals surface area (Å²) in [6, 6.07) is 12.0. The first-order chi connectivity index (χ1) is 19.2. The predicted molar refractivity (Wildman–Crippen MR) is 148 cm³/mol. The normalized spacial score (nSPS) is 23.3. The van der Waals surface area contributed by atoms with Gasteiger partial charge < -0.3 is 10.1 Å². The maximum absolute atomic E-state index is 13.4. The zero-order chi connectivity index (χ0) is 28.2. The lowest BCUT2D eigenvalue weighted by Gasteiger charge is -2.52. The standard InChI is InChI=1S/C31H28F3N3O3/c1-3-17-16-37-12-10-18(17)13-25(37)26(22-9-11-35-24-8-7-21(40-2)15-23(22)24)27-28(30(39)29(27)38)36-20-6-4-5-19(14-20)31(32,33)34/h3-9,11,14-15,17-18,25-26,36H,1,10,12-13,16H2,2H3/t17-,18-,25-,26+/m0/s1. The van der Waals surface area contributed by atoms with E-state index < -0.39 is 28.5 Å². The first-order valence-electron chi connectivity index (χ1n) is 13.3. The largest absolute Gasteiger partial charge is 0.497 e. The van der Waals surface area contributed by atoms with E-state index in [1.54, 1.807) is 13.3 Å². The molecule has 4 aromatic rings. The Morgan fingerprint density at radius 1 is 1.15 bits per heavy atom. The Bertz CT molecular complexity index is 1670. The van der Waals surface area contributed by atoms with Crippen LogP contribution in [0.25, 0.3) is 10.9 Å². The van der Waals surface area contributed by atoms with Gasteiger partial charge >= 0.3 is 6.18 Å². The van der Waals surface area contributed by atoms with E-state index in [0.29, 0.717) is 28.7 Å². The third-order valence-electron chi connectivity index (χ3n) is 8.57. The number of hydrogen-bond donors (Lipinski definition) is 1. The Balaban J connectivity index is 1.50. The molecular formula is C31H28F3N3O3. The molecule has 9 heteroatoms. The average molecular weight is 548 g/mol. The number of pyridine rings is 1. The average Bonchev–Trinajstić information content (AvgIpc) is 2.98. The number of nitrogens with one attached hydrogen (secondary N) is 1. The van der Waals surface area contributed by atoms with E-state index in [1.165, 1.54) is 12.1 Å². The summed E-state index contributed by atoms with van der Waals surface area (Å²) in [5.41, 5.74) is -0.197. The molecule has 1 unspecified atom stereocenters. The Morgan fingerprint density at radius 2 is 1.98 bits per heavy atom. The summed E-state index contributed by atoms with van der Waals surface area (Å²) in [4.78, 5) is 33.1. The number of ether oxygens (including phenoxy) is 1. The highest BCUT2D eigenvalue weighted by atomic mass is 19.4. The van der Waals surface area contributed by atoms with Crippen LogP contribution in [0.5, 0.6) is 5.75 Å². The van der Waals surface area contributed by atoms with E-state index >= 15 is 0 Å². The van der Waals surface area contributed by atoms with Gasteiger partial charge in [0.2, 0.25) is 10.9 Å². The van der Waals surface area contributed by atoms with Crippen LogP contribution in [-0.4, -0.2) is 36.1 Å². The molecule has 0 amide bonds. The molecule has 1 N–H and O–H groups in total. The quantitative estimate of drug-likeness (QED) is 0.239. The zero-order valence-corrected chi connectivity index (χ0v) is 21.9. The molecule has 3 aliphatic rings. The van der Waals surface area contributed by atoms with Crippen LogP contribution in [0.3, 0.4) is 0 Å². The molecule has 7 rings (SSSR count). The first-order valence-corrected chi connectivity index (χ1v) is 13.3. The molecule has 40 heavy (non-hydrogen) atoms. The van der Waals surface area contributed by atoms with E-state index in [2.05, 4.69) is 21.8 Å². The summed E-state index contributed by atoms with van der Waals surface area (Å²) in [6.07, 6.45) is 0.962. The molecule has 3 saturated heterocycles. The smallest absolute Gasteiger partial charge is 0.416 e. The molecule has 6 nitrogen and oxygen atoms in total. The van der Waals surface area contributed by atoms with E-state index in [1.807, 2.05) is 30.3 Å². The van der Waals surface area contributed by atoms with E-state index in [0.717, 1.165) is 49.0 Å². The zero-order valence-electron chi connectivity index (χ0n) is 21.9. The van der Waals surface area contributed by atoms with Gasteiger partial charge in [-0.25, -0.2) is 0 Å². The first kappa shape index (κ1) is 26.3. The Morgan fingerprint density at radius 3 is 2.67 bits per heavy atom. The number of hydrogen-bond acceptors (Lipinski definition) is 6. The molecule has 3 fully saturated rings. The highest BCUT2D eigenvalue weighted by Crippen LogP contribution is 2.46. The number of halogens is 3. The van der Waals surface area contributed by atoms with Gasteiger partial charge in [-0.1, -0.05) is 12.1 Å². The monoisotopic (exact) mass is 547 g/mol. The summed E-state index contributed by atoms with van der Waals surface area (Å²) in [7, 11) is 1.57. The Kier molecular flexibility index (Phi) is 6.49. The third kappa shape index (κ3) is 4.38. The van der Waals surface area contributed by atoms with Gasteiger partial charge in [-0.15, -0.1) is 6.58 Å². The van der Waals surface area contributed by atoms with Crippen molar-refractivity contribution in [3.8, 4) is 5.75 Å². The van der Waals surface area contributed by atoms with Crippen LogP contribution in [-0.2, 0) is 6.18 Å². The number of fused-ring (bicyclic) bond motifs is 4. The number of alkyl halides is 3. The van der Waals surface area contributed by atoms with Crippen molar-refractivity contribution < 1.29 is 17.9 Å². The number of aromatic nitrogens is 1. The van der Waals surface area contributed by atoms with Crippen molar-refractivity contribution in [2.75, 3.05) is 25.5 Å². The van der Waals surface area contributed by atoms with Crippen LogP contribution < -0.4 is 20.9 Å². The van der Waals surface area contributed by atoms with Gasteiger partial charge in [-0.3, -0.25) is 19.5 Å². The molecule has 0 spiro atoms. The summed E-state index contributed by atoms with van der Waals surface area (Å²) in [5, 5.41) is 3.68. The van der Waals surface area contributed by atoms with Crippen molar-refractivity contribution >= 4 is 22.3 Å². The van der Waals surface area contributed by atoms with Crippen LogP contribution >= 0.6 is 0 Å². The fraction of sp³-hybridized carbons (Fsp3) is 0.323. The van der Waals surface area contributed by atoms with Crippen LogP contribution in [0.4, 0.5) is 24.5 Å². The van der Waals surface area contributed by atoms with Crippen molar-refractivity contribution in [3.63, 3.8) is 0 Å². The van der Waals surface area contributed by atoms with Crippen molar-refractivity contribution in [1.82, 2.24) is 9.88 Å². The van der Waals surface area contributed by atoms with Crippen molar-refractivity contribution in [1.29, 1.82) is 0 Å². The number of methoxy groups -OCH3 is 1. The second-order valence-corrected chi connectivity index (χ2v) is 10.7. The third-order valence-corrected chi connectivity index (χ3v) is 8.57. The minimum Gasteiger partial charge on any atom is -0.497 e. The molecule has 4 heterocycles. The molecule has 1 aromatic heterocycles. The molecule has 3 aliphatic heterocycles. The van der Waals surface area contributed by atoms with Crippen LogP contribution in [0.2, 0.25) is 0 Å². The summed E-state index contributed by atoms with van der Waals surface area (Å²) >= 11 is 0.